The third-order valence-corrected chi connectivity index (χ3v) is 3.96. The molecule has 0 spiro atoms. The van der Waals surface area contributed by atoms with E-state index in [-0.39, 0.29) is 30.4 Å². The van der Waals surface area contributed by atoms with Gasteiger partial charge in [-0.1, -0.05) is 0 Å². The first kappa shape index (κ1) is 19.4. The summed E-state index contributed by atoms with van der Waals surface area (Å²) in [6, 6.07) is 5.60. The predicted octanol–water partition coefficient (Wildman–Crippen LogP) is -0.00120. The zero-order chi connectivity index (χ0) is 19.4. The molecule has 2 rings (SSSR count). The van der Waals surface area contributed by atoms with Crippen LogP contribution in [0.1, 0.15) is 10.4 Å². The quantitative estimate of drug-likeness (QED) is 0.694. The Morgan fingerprint density at radius 2 is 1.81 bits per heavy atom. The number of carbonyl (C=O) groups is 1. The minimum atomic E-state index is -0.716. The van der Waals surface area contributed by atoms with Gasteiger partial charge in [0.1, 0.15) is 29.6 Å². The van der Waals surface area contributed by atoms with Crippen molar-refractivity contribution < 1.29 is 13.9 Å². The fraction of sp³-hybridized carbons (Fsp3) is 0.353. The Kier molecular flexibility index (Phi) is 5.93. The summed E-state index contributed by atoms with van der Waals surface area (Å²) in [5.74, 6) is -0.471. The molecule has 0 saturated carbocycles. The molecule has 26 heavy (non-hydrogen) atoms. The van der Waals surface area contributed by atoms with Crippen LogP contribution in [0.4, 0.5) is 10.2 Å². The van der Waals surface area contributed by atoms with Crippen LogP contribution in [0, 0.1) is 5.82 Å². The highest BCUT2D eigenvalue weighted by Gasteiger charge is 2.21. The van der Waals surface area contributed by atoms with Crippen LogP contribution in [0.5, 0.6) is 5.75 Å². The molecule has 0 atom stereocenters. The monoisotopic (exact) mass is 364 g/mol. The molecular formula is C17H21FN4O4. The number of nitrogen functional groups attached to an aromatic ring is 1. The van der Waals surface area contributed by atoms with Crippen molar-refractivity contribution in [3.05, 3.63) is 56.5 Å². The van der Waals surface area contributed by atoms with Gasteiger partial charge in [-0.2, -0.15) is 0 Å². The highest BCUT2D eigenvalue weighted by atomic mass is 19.1. The highest BCUT2D eigenvalue weighted by molar-refractivity contribution is 6.01. The van der Waals surface area contributed by atoms with Crippen LogP contribution in [-0.4, -0.2) is 46.6 Å². The van der Waals surface area contributed by atoms with Crippen LogP contribution in [0.25, 0.3) is 0 Å². The SMILES string of the molecule is CN(CCOc1ccc(F)cc1)CC(=O)c1c(N)n(C)c(=O)n(C)c1=O. The van der Waals surface area contributed by atoms with E-state index in [2.05, 4.69) is 0 Å². The molecule has 0 aliphatic heterocycles. The fourth-order valence-corrected chi connectivity index (χ4v) is 2.38. The van der Waals surface area contributed by atoms with E-state index in [0.717, 1.165) is 9.13 Å². The second-order valence-electron chi connectivity index (χ2n) is 5.93. The van der Waals surface area contributed by atoms with Gasteiger partial charge in [0.05, 0.1) is 6.54 Å². The first-order valence-corrected chi connectivity index (χ1v) is 7.88. The predicted molar refractivity (Wildman–Crippen MR) is 95.1 cm³/mol. The van der Waals surface area contributed by atoms with Gasteiger partial charge in [0.2, 0.25) is 0 Å². The third kappa shape index (κ3) is 4.17. The number of rotatable bonds is 7. The van der Waals surface area contributed by atoms with E-state index in [1.54, 1.807) is 11.9 Å². The smallest absolute Gasteiger partial charge is 0.332 e. The molecule has 1 aromatic heterocycles. The van der Waals surface area contributed by atoms with Crippen LogP contribution >= 0.6 is 0 Å². The van der Waals surface area contributed by atoms with E-state index in [1.807, 2.05) is 0 Å². The summed E-state index contributed by atoms with van der Waals surface area (Å²) in [7, 11) is 4.38. The zero-order valence-corrected chi connectivity index (χ0v) is 14.9. The molecule has 0 radical (unpaired) electrons. The van der Waals surface area contributed by atoms with Gasteiger partial charge >= 0.3 is 5.69 Å². The lowest BCUT2D eigenvalue weighted by molar-refractivity contribution is 0.0936. The second-order valence-corrected chi connectivity index (χ2v) is 5.93. The van der Waals surface area contributed by atoms with Crippen LogP contribution in [0.3, 0.4) is 0 Å². The highest BCUT2D eigenvalue weighted by Crippen LogP contribution is 2.11. The van der Waals surface area contributed by atoms with Crippen molar-refractivity contribution >= 4 is 11.6 Å². The van der Waals surface area contributed by atoms with Crippen molar-refractivity contribution in [3.8, 4) is 5.75 Å². The van der Waals surface area contributed by atoms with Crippen molar-refractivity contribution in [2.24, 2.45) is 14.1 Å². The van der Waals surface area contributed by atoms with Gasteiger partial charge in [0.15, 0.2) is 5.78 Å². The molecule has 0 amide bonds. The number of benzene rings is 1. The topological polar surface area (TPSA) is 99.6 Å². The Morgan fingerprint density at radius 3 is 2.42 bits per heavy atom. The first-order chi connectivity index (χ1) is 12.2. The van der Waals surface area contributed by atoms with E-state index >= 15 is 0 Å². The third-order valence-electron chi connectivity index (χ3n) is 3.96. The van der Waals surface area contributed by atoms with E-state index < -0.39 is 17.0 Å². The lowest BCUT2D eigenvalue weighted by Gasteiger charge is -2.17. The van der Waals surface area contributed by atoms with Gasteiger partial charge in [-0.3, -0.25) is 23.6 Å². The largest absolute Gasteiger partial charge is 0.492 e. The number of nitrogens with two attached hydrogens (primary N) is 1. The Hall–Kier alpha value is -2.94. The van der Waals surface area contributed by atoms with Crippen molar-refractivity contribution in [3.63, 3.8) is 0 Å². The summed E-state index contributed by atoms with van der Waals surface area (Å²) >= 11 is 0. The van der Waals surface area contributed by atoms with Gasteiger partial charge in [-0.05, 0) is 31.3 Å². The number of ketones is 1. The molecule has 1 heterocycles. The number of hydrogen-bond acceptors (Lipinski definition) is 6. The molecular weight excluding hydrogens is 343 g/mol. The maximum absolute atomic E-state index is 12.8. The first-order valence-electron chi connectivity index (χ1n) is 7.88. The lowest BCUT2D eigenvalue weighted by Crippen LogP contribution is -2.43. The number of hydrogen-bond donors (Lipinski definition) is 1. The molecule has 140 valence electrons. The molecule has 0 bridgehead atoms. The molecule has 8 nitrogen and oxygen atoms in total. The molecule has 2 N–H and O–H groups in total. The minimum Gasteiger partial charge on any atom is -0.492 e. The minimum absolute atomic E-state index is 0.0651. The molecule has 0 aliphatic rings. The van der Waals surface area contributed by atoms with E-state index in [1.165, 1.54) is 38.4 Å². The van der Waals surface area contributed by atoms with Gasteiger partial charge in [-0.15, -0.1) is 0 Å². The van der Waals surface area contributed by atoms with E-state index in [0.29, 0.717) is 12.3 Å². The molecule has 0 aliphatic carbocycles. The number of carbonyl (C=O) groups excluding carboxylic acids is 1. The van der Waals surface area contributed by atoms with Crippen LogP contribution in [0.15, 0.2) is 33.9 Å². The van der Waals surface area contributed by atoms with Gasteiger partial charge in [0, 0.05) is 20.6 Å². The van der Waals surface area contributed by atoms with Crippen LogP contribution in [-0.2, 0) is 14.1 Å². The lowest BCUT2D eigenvalue weighted by atomic mass is 10.2. The average Bonchev–Trinajstić information content (AvgIpc) is 2.60. The van der Waals surface area contributed by atoms with Gasteiger partial charge in [0.25, 0.3) is 5.56 Å². The molecule has 9 heteroatoms. The number of aromatic nitrogens is 2. The number of anilines is 1. The van der Waals surface area contributed by atoms with Crippen LogP contribution in [0.2, 0.25) is 0 Å². The Labute approximate surface area is 149 Å². The van der Waals surface area contributed by atoms with Crippen molar-refractivity contribution in [1.29, 1.82) is 0 Å². The number of nitrogens with zero attached hydrogens (tertiary/aromatic N) is 3. The normalized spacial score (nSPS) is 11.0. The van der Waals surface area contributed by atoms with E-state index in [4.69, 9.17) is 10.5 Å². The molecule has 1 aromatic carbocycles. The average molecular weight is 364 g/mol. The molecule has 2 aromatic rings. The summed E-state index contributed by atoms with van der Waals surface area (Å²) in [5.41, 5.74) is 4.26. The summed E-state index contributed by atoms with van der Waals surface area (Å²) in [6.07, 6.45) is 0. The summed E-state index contributed by atoms with van der Waals surface area (Å²) in [4.78, 5) is 38.1. The summed E-state index contributed by atoms with van der Waals surface area (Å²) in [6.45, 7) is 0.607. The number of Topliss-reactive ketones (excluding diaryl/α,β-unsaturated/α-hetero) is 1. The Balaban J connectivity index is 2.00. The molecule has 0 unspecified atom stereocenters. The maximum Gasteiger partial charge on any atom is 0.332 e. The van der Waals surface area contributed by atoms with Crippen molar-refractivity contribution in [1.82, 2.24) is 14.0 Å². The maximum atomic E-state index is 12.8. The summed E-state index contributed by atoms with van der Waals surface area (Å²) in [5, 5.41) is 0. The van der Waals surface area contributed by atoms with Gasteiger partial charge < -0.3 is 10.5 Å². The molecule has 0 fully saturated rings. The van der Waals surface area contributed by atoms with Crippen molar-refractivity contribution in [2.45, 2.75) is 0 Å². The van der Waals surface area contributed by atoms with Gasteiger partial charge in [-0.25, -0.2) is 9.18 Å². The zero-order valence-electron chi connectivity index (χ0n) is 14.9. The number of halogens is 1. The van der Waals surface area contributed by atoms with Crippen molar-refractivity contribution in [2.75, 3.05) is 32.5 Å². The Bertz CT molecular complexity index is 918. The second kappa shape index (κ2) is 7.96. The fourth-order valence-electron chi connectivity index (χ4n) is 2.38. The standard InChI is InChI=1S/C17H21FN4O4/c1-20(8-9-26-12-6-4-11(18)5-7-12)10-13(23)14-15(19)21(2)17(25)22(3)16(14)24/h4-7H,8-10,19H2,1-3H3. The number of likely N-dealkylation sites (N-methyl/N-ethyl adjacent to an activating group) is 1. The number of ether oxygens (including phenoxy) is 1. The van der Waals surface area contributed by atoms with E-state index in [9.17, 15) is 18.8 Å². The molecule has 0 saturated heterocycles. The Morgan fingerprint density at radius 1 is 1.19 bits per heavy atom. The van der Waals surface area contributed by atoms with Crippen LogP contribution < -0.4 is 21.7 Å². The summed E-state index contributed by atoms with van der Waals surface area (Å²) < 4.78 is 20.2.